The molecule has 9 nitrogen and oxygen atoms in total. The monoisotopic (exact) mass is 569 g/mol. The molecule has 4 rings (SSSR count). The topological polar surface area (TPSA) is 138 Å². The number of carbonyl (C=O) groups excluding carboxylic acids is 3. The molecule has 1 aliphatic rings. The molecule has 0 radical (unpaired) electrons. The zero-order valence-corrected chi connectivity index (χ0v) is 22.5. The van der Waals surface area contributed by atoms with Crippen LogP contribution in [0.4, 0.5) is 8.78 Å². The molecule has 5 N–H and O–H groups in total. The third kappa shape index (κ3) is 7.20. The summed E-state index contributed by atoms with van der Waals surface area (Å²) in [6.07, 6.45) is -0.207. The third-order valence-corrected chi connectivity index (χ3v) is 7.47. The van der Waals surface area contributed by atoms with Crippen LogP contribution >= 0.6 is 11.3 Å². The van der Waals surface area contributed by atoms with Crippen LogP contribution in [-0.2, 0) is 16.1 Å². The molecular weight excluding hydrogens is 540 g/mol. The molecule has 1 saturated heterocycles. The molecule has 210 valence electrons. The van der Waals surface area contributed by atoms with Crippen LogP contribution in [0.3, 0.4) is 0 Å². The van der Waals surface area contributed by atoms with E-state index in [1.807, 2.05) is 18.2 Å². The highest BCUT2D eigenvalue weighted by atomic mass is 32.1. The predicted octanol–water partition coefficient (Wildman–Crippen LogP) is 3.74. The van der Waals surface area contributed by atoms with Gasteiger partial charge in [0.05, 0.1) is 13.1 Å². The van der Waals surface area contributed by atoms with E-state index in [0.29, 0.717) is 17.1 Å². The Morgan fingerprint density at radius 1 is 1.07 bits per heavy atom. The average Bonchev–Trinajstić information content (AvgIpc) is 3.59. The summed E-state index contributed by atoms with van der Waals surface area (Å²) in [5.41, 5.74) is 6.26. The van der Waals surface area contributed by atoms with Gasteiger partial charge in [0.1, 0.15) is 23.4 Å². The number of ether oxygens (including phenoxy) is 1. The fourth-order valence-electron chi connectivity index (χ4n) is 4.29. The molecule has 12 heteroatoms. The van der Waals surface area contributed by atoms with E-state index in [1.54, 1.807) is 47.8 Å². The van der Waals surface area contributed by atoms with Gasteiger partial charge in [-0.3, -0.25) is 19.8 Å². The van der Waals surface area contributed by atoms with Crippen molar-refractivity contribution in [2.75, 3.05) is 13.1 Å². The summed E-state index contributed by atoms with van der Waals surface area (Å²) in [5.74, 6) is -4.98. The van der Waals surface area contributed by atoms with E-state index in [1.165, 1.54) is 11.3 Å². The van der Waals surface area contributed by atoms with E-state index in [9.17, 15) is 23.2 Å². The van der Waals surface area contributed by atoms with Crippen LogP contribution in [0.2, 0.25) is 0 Å². The standard InChI is InChI=1S/C28H29F2N5O4S/c1-28(29,30)19-12-23(27(38)33-13-22-11-18(16-40-22)25(31)32)35(15-19)24(36)14-34-26(37)17-7-9-21(10-8-17)39-20-5-3-2-4-6-20/h2-11,16,19,23H,12-15H2,1H3,(H3,31,32)(H,33,38)(H,34,37). The van der Waals surface area contributed by atoms with Crippen LogP contribution in [0, 0.1) is 11.3 Å². The number of thiophene rings is 1. The van der Waals surface area contributed by atoms with Crippen molar-refractivity contribution in [1.82, 2.24) is 15.5 Å². The lowest BCUT2D eigenvalue weighted by Gasteiger charge is -2.24. The van der Waals surface area contributed by atoms with E-state index in [4.69, 9.17) is 15.9 Å². The molecule has 1 aliphatic heterocycles. The molecule has 0 bridgehead atoms. The van der Waals surface area contributed by atoms with Gasteiger partial charge in [-0.1, -0.05) is 18.2 Å². The lowest BCUT2D eigenvalue weighted by molar-refractivity contribution is -0.137. The molecule has 0 saturated carbocycles. The number of amides is 3. The fourth-order valence-corrected chi connectivity index (χ4v) is 5.12. The molecule has 3 aromatic rings. The molecule has 2 aromatic carbocycles. The summed E-state index contributed by atoms with van der Waals surface area (Å²) in [6.45, 7) is 0.0980. The van der Waals surface area contributed by atoms with Crippen molar-refractivity contribution in [1.29, 1.82) is 5.41 Å². The first kappa shape index (κ1) is 28.7. The third-order valence-electron chi connectivity index (χ3n) is 6.54. The number of amidine groups is 1. The van der Waals surface area contributed by atoms with E-state index in [0.717, 1.165) is 16.7 Å². The molecule has 0 aliphatic carbocycles. The summed E-state index contributed by atoms with van der Waals surface area (Å²) in [6, 6.07) is 16.0. The molecule has 3 amide bonds. The lowest BCUT2D eigenvalue weighted by atomic mass is 9.99. The molecule has 2 atom stereocenters. The van der Waals surface area contributed by atoms with Crippen molar-refractivity contribution in [2.24, 2.45) is 11.7 Å². The number of alkyl halides is 2. The lowest BCUT2D eigenvalue weighted by Crippen LogP contribution is -2.48. The van der Waals surface area contributed by atoms with Crippen molar-refractivity contribution >= 4 is 34.9 Å². The number of para-hydroxylation sites is 1. The van der Waals surface area contributed by atoms with Gasteiger partial charge in [-0.15, -0.1) is 11.3 Å². The second kappa shape index (κ2) is 12.2. The van der Waals surface area contributed by atoms with E-state index in [-0.39, 0.29) is 30.9 Å². The van der Waals surface area contributed by atoms with Crippen molar-refractivity contribution < 1.29 is 27.9 Å². The Kier molecular flexibility index (Phi) is 8.78. The van der Waals surface area contributed by atoms with E-state index in [2.05, 4.69) is 10.6 Å². The maximum Gasteiger partial charge on any atom is 0.251 e. The quantitative estimate of drug-likeness (QED) is 0.218. The van der Waals surface area contributed by atoms with Crippen LogP contribution in [0.1, 0.15) is 34.1 Å². The first-order valence-corrected chi connectivity index (χ1v) is 13.4. The van der Waals surface area contributed by atoms with Crippen LogP contribution in [0.25, 0.3) is 0 Å². The fraction of sp³-hybridized carbons (Fsp3) is 0.286. The van der Waals surface area contributed by atoms with Crippen LogP contribution in [-0.4, -0.2) is 53.5 Å². The Hall–Kier alpha value is -4.32. The van der Waals surface area contributed by atoms with Crippen LogP contribution in [0.15, 0.2) is 66.0 Å². The van der Waals surface area contributed by atoms with Crippen molar-refractivity contribution in [3.05, 3.63) is 82.0 Å². The number of hydrogen-bond donors (Lipinski definition) is 4. The second-order valence-corrected chi connectivity index (χ2v) is 10.5. The zero-order valence-electron chi connectivity index (χ0n) is 21.7. The van der Waals surface area contributed by atoms with Gasteiger partial charge >= 0.3 is 0 Å². The Balaban J connectivity index is 1.35. The highest BCUT2D eigenvalue weighted by Crippen LogP contribution is 2.35. The number of hydrogen-bond acceptors (Lipinski definition) is 6. The predicted molar refractivity (Wildman–Crippen MR) is 147 cm³/mol. The Morgan fingerprint density at radius 2 is 1.75 bits per heavy atom. The van der Waals surface area contributed by atoms with E-state index >= 15 is 0 Å². The number of carbonyl (C=O) groups is 3. The summed E-state index contributed by atoms with van der Waals surface area (Å²) in [5, 5.41) is 14.3. The van der Waals surface area contributed by atoms with Gasteiger partial charge in [0.15, 0.2) is 0 Å². The minimum Gasteiger partial charge on any atom is -0.457 e. The van der Waals surface area contributed by atoms with Gasteiger partial charge in [0.2, 0.25) is 17.7 Å². The summed E-state index contributed by atoms with van der Waals surface area (Å²) in [4.78, 5) is 40.4. The number of halogens is 2. The first-order valence-electron chi connectivity index (χ1n) is 12.5. The van der Waals surface area contributed by atoms with Gasteiger partial charge in [-0.05, 0) is 55.8 Å². The smallest absolute Gasteiger partial charge is 0.251 e. The Labute approximate surface area is 233 Å². The van der Waals surface area contributed by atoms with Crippen molar-refractivity contribution in [2.45, 2.75) is 31.9 Å². The first-order chi connectivity index (χ1) is 19.0. The largest absolute Gasteiger partial charge is 0.457 e. The SMILES string of the molecule is CC(F)(F)C1CC(C(=O)NCc2cc(C(=N)N)cs2)N(C(=O)CNC(=O)c2ccc(Oc3ccccc3)cc2)C1. The minimum absolute atomic E-state index is 0.100. The van der Waals surface area contributed by atoms with Crippen molar-refractivity contribution in [3.8, 4) is 11.5 Å². The van der Waals surface area contributed by atoms with Gasteiger partial charge in [0, 0.05) is 33.8 Å². The van der Waals surface area contributed by atoms with Crippen LogP contribution < -0.4 is 21.1 Å². The van der Waals surface area contributed by atoms with Crippen molar-refractivity contribution in [3.63, 3.8) is 0 Å². The highest BCUT2D eigenvalue weighted by Gasteiger charge is 2.47. The molecule has 0 spiro atoms. The molecule has 2 heterocycles. The molecule has 2 unspecified atom stereocenters. The number of benzene rings is 2. The minimum atomic E-state index is -3.09. The van der Waals surface area contributed by atoms with Gasteiger partial charge in [0.25, 0.3) is 5.91 Å². The Bertz CT molecular complexity index is 1380. The summed E-state index contributed by atoms with van der Waals surface area (Å²) < 4.78 is 34.0. The highest BCUT2D eigenvalue weighted by molar-refractivity contribution is 7.10. The normalized spacial score (nSPS) is 16.8. The second-order valence-electron chi connectivity index (χ2n) is 9.51. The number of likely N-dealkylation sites (tertiary alicyclic amines) is 1. The maximum absolute atomic E-state index is 14.2. The van der Waals surface area contributed by atoms with Gasteiger partial charge in [-0.25, -0.2) is 8.78 Å². The molecule has 40 heavy (non-hydrogen) atoms. The zero-order chi connectivity index (χ0) is 28.9. The van der Waals surface area contributed by atoms with Crippen LogP contribution in [0.5, 0.6) is 11.5 Å². The summed E-state index contributed by atoms with van der Waals surface area (Å²) in [7, 11) is 0. The number of nitrogens with zero attached hydrogens (tertiary/aromatic N) is 1. The maximum atomic E-state index is 14.2. The molecule has 1 fully saturated rings. The number of nitrogen functional groups attached to an aromatic ring is 1. The molecular formula is C28H29F2N5O4S. The number of nitrogens with two attached hydrogens (primary N) is 1. The van der Waals surface area contributed by atoms with Gasteiger partial charge < -0.3 is 26.0 Å². The summed E-state index contributed by atoms with van der Waals surface area (Å²) >= 11 is 1.29. The van der Waals surface area contributed by atoms with E-state index < -0.39 is 42.1 Å². The molecule has 1 aromatic heterocycles. The Morgan fingerprint density at radius 3 is 2.38 bits per heavy atom. The number of rotatable bonds is 10. The average molecular weight is 570 g/mol. The number of nitrogens with one attached hydrogen (secondary N) is 3. The van der Waals surface area contributed by atoms with Gasteiger partial charge in [-0.2, -0.15) is 0 Å².